The molecule has 2 aromatic heterocycles. The van der Waals surface area contributed by atoms with Crippen molar-refractivity contribution in [3.8, 4) is 5.95 Å². The van der Waals surface area contributed by atoms with Crippen LogP contribution in [0.2, 0.25) is 5.28 Å². The average molecular weight is 301 g/mol. The maximum absolute atomic E-state index is 11.2. The zero-order valence-corrected chi connectivity index (χ0v) is 11.4. The van der Waals surface area contributed by atoms with Crippen LogP contribution in [0.4, 0.5) is 0 Å². The maximum atomic E-state index is 11.2. The Morgan fingerprint density at radius 1 is 1.47 bits per heavy atom. The highest BCUT2D eigenvalue weighted by Gasteiger charge is 2.10. The molecule has 0 fully saturated rings. The summed E-state index contributed by atoms with van der Waals surface area (Å²) in [5.74, 6) is 0.000495. The van der Waals surface area contributed by atoms with Gasteiger partial charge in [-0.2, -0.15) is 24.7 Å². The Balaban J connectivity index is 2.11. The van der Waals surface area contributed by atoms with Gasteiger partial charge in [-0.3, -0.25) is 4.79 Å². The summed E-state index contributed by atoms with van der Waals surface area (Å²) in [6.45, 7) is 2.08. The Hall–Kier alpha value is -1.74. The molecule has 100 valence electrons. The van der Waals surface area contributed by atoms with Crippen LogP contribution in [0.1, 0.15) is 6.92 Å². The van der Waals surface area contributed by atoms with Gasteiger partial charge < -0.3 is 4.74 Å². The van der Waals surface area contributed by atoms with E-state index in [0.717, 1.165) is 11.8 Å². The average Bonchev–Trinajstić information content (AvgIpc) is 2.90. The molecule has 0 amide bonds. The first kappa shape index (κ1) is 13.7. The number of hydrogen-bond acceptors (Lipinski definition) is 8. The van der Waals surface area contributed by atoms with E-state index >= 15 is 0 Å². The topological polar surface area (TPSA) is 95.7 Å². The minimum Gasteiger partial charge on any atom is -0.465 e. The number of halogens is 1. The van der Waals surface area contributed by atoms with Gasteiger partial charge in [-0.05, 0) is 18.5 Å². The van der Waals surface area contributed by atoms with Crippen LogP contribution >= 0.6 is 23.4 Å². The van der Waals surface area contributed by atoms with E-state index in [-0.39, 0.29) is 23.0 Å². The molecule has 0 bridgehead atoms. The van der Waals surface area contributed by atoms with Crippen molar-refractivity contribution >= 4 is 29.3 Å². The van der Waals surface area contributed by atoms with Gasteiger partial charge in [0.15, 0.2) is 5.16 Å². The van der Waals surface area contributed by atoms with Crippen molar-refractivity contribution in [3.05, 3.63) is 17.9 Å². The van der Waals surface area contributed by atoms with Crippen LogP contribution < -0.4 is 0 Å². The molecule has 0 N–H and O–H groups in total. The summed E-state index contributed by atoms with van der Waals surface area (Å²) in [5.41, 5.74) is 0. The summed E-state index contributed by atoms with van der Waals surface area (Å²) < 4.78 is 6.15. The quantitative estimate of drug-likeness (QED) is 0.590. The number of carbonyl (C=O) groups excluding carboxylic acids is 1. The smallest absolute Gasteiger partial charge is 0.316 e. The monoisotopic (exact) mass is 300 g/mol. The summed E-state index contributed by atoms with van der Waals surface area (Å²) in [4.78, 5) is 27.0. The first-order valence-electron chi connectivity index (χ1n) is 5.24. The third-order valence-corrected chi connectivity index (χ3v) is 2.81. The number of rotatable bonds is 5. The van der Waals surface area contributed by atoms with E-state index in [4.69, 9.17) is 16.3 Å². The lowest BCUT2D eigenvalue weighted by Gasteiger charge is -2.03. The Kier molecular flexibility index (Phi) is 4.63. The van der Waals surface area contributed by atoms with E-state index < -0.39 is 0 Å². The molecule has 0 atom stereocenters. The fourth-order valence-electron chi connectivity index (χ4n) is 1.13. The molecule has 2 aromatic rings. The van der Waals surface area contributed by atoms with Crippen molar-refractivity contribution in [2.24, 2.45) is 0 Å². The van der Waals surface area contributed by atoms with Gasteiger partial charge in [-0.25, -0.2) is 4.98 Å². The lowest BCUT2D eigenvalue weighted by molar-refractivity contribution is -0.139. The summed E-state index contributed by atoms with van der Waals surface area (Å²) in [5, 5.41) is 4.22. The number of ether oxygens (including phenoxy) is 1. The lowest BCUT2D eigenvalue weighted by atomic mass is 10.8. The first-order chi connectivity index (χ1) is 9.19. The first-order valence-corrected chi connectivity index (χ1v) is 6.60. The van der Waals surface area contributed by atoms with Crippen molar-refractivity contribution in [1.29, 1.82) is 0 Å². The Bertz CT molecular complexity index is 564. The second kappa shape index (κ2) is 6.43. The molecule has 0 saturated heterocycles. The Labute approximate surface area is 117 Å². The summed E-state index contributed by atoms with van der Waals surface area (Å²) in [7, 11) is 0. The van der Waals surface area contributed by atoms with Crippen LogP contribution in [0.3, 0.4) is 0 Å². The molecule has 0 spiro atoms. The van der Waals surface area contributed by atoms with Gasteiger partial charge in [0.2, 0.25) is 5.28 Å². The van der Waals surface area contributed by atoms with Gasteiger partial charge in [0.05, 0.1) is 12.4 Å². The van der Waals surface area contributed by atoms with E-state index in [2.05, 4.69) is 25.0 Å². The molecule has 0 saturated carbocycles. The molecule has 2 heterocycles. The molecule has 0 unspecified atom stereocenters. The van der Waals surface area contributed by atoms with Crippen LogP contribution in [0.5, 0.6) is 0 Å². The van der Waals surface area contributed by atoms with E-state index in [0.29, 0.717) is 11.8 Å². The number of carbonyl (C=O) groups is 1. The molecule has 0 aliphatic heterocycles. The van der Waals surface area contributed by atoms with Gasteiger partial charge in [0.25, 0.3) is 5.95 Å². The van der Waals surface area contributed by atoms with Crippen molar-refractivity contribution in [2.45, 2.75) is 12.1 Å². The molecule has 0 radical (unpaired) electrons. The number of thioether (sulfide) groups is 1. The summed E-state index contributed by atoms with van der Waals surface area (Å²) >= 11 is 6.90. The number of nitrogens with zero attached hydrogens (tertiary/aromatic N) is 6. The predicted molar refractivity (Wildman–Crippen MR) is 67.1 cm³/mol. The molecule has 10 heteroatoms. The van der Waals surface area contributed by atoms with E-state index in [1.807, 2.05) is 0 Å². The van der Waals surface area contributed by atoms with Gasteiger partial charge in [0, 0.05) is 0 Å². The van der Waals surface area contributed by atoms with Crippen molar-refractivity contribution < 1.29 is 9.53 Å². The fraction of sp³-hybridized carbons (Fsp3) is 0.333. The molecular weight excluding hydrogens is 292 g/mol. The zero-order chi connectivity index (χ0) is 13.7. The minimum atomic E-state index is -0.341. The van der Waals surface area contributed by atoms with E-state index in [1.165, 1.54) is 17.3 Å². The summed E-state index contributed by atoms with van der Waals surface area (Å²) in [6, 6.07) is 0. The molecule has 0 aliphatic carbocycles. The van der Waals surface area contributed by atoms with Gasteiger partial charge in [-0.15, -0.1) is 0 Å². The normalized spacial score (nSPS) is 10.4. The Morgan fingerprint density at radius 2 is 2.32 bits per heavy atom. The van der Waals surface area contributed by atoms with Crippen molar-refractivity contribution in [1.82, 2.24) is 29.7 Å². The highest BCUT2D eigenvalue weighted by Crippen LogP contribution is 2.16. The number of esters is 1. The molecule has 8 nitrogen and oxygen atoms in total. The second-order valence-electron chi connectivity index (χ2n) is 3.12. The predicted octanol–water partition coefficient (Wildman–Crippen LogP) is 0.761. The SMILES string of the molecule is CCOC(=O)CSc1nc(Cl)nc(-n2cncn2)n1. The van der Waals surface area contributed by atoms with Gasteiger partial charge >= 0.3 is 5.97 Å². The molecule has 0 aliphatic rings. The standard InChI is InChI=1S/C9H9ClN6O2S/c1-2-18-6(17)3-19-9-14-7(10)13-8(15-9)16-5-11-4-12-16/h4-5H,2-3H2,1H3. The zero-order valence-electron chi connectivity index (χ0n) is 9.85. The highest BCUT2D eigenvalue weighted by molar-refractivity contribution is 7.99. The third kappa shape index (κ3) is 3.86. The van der Waals surface area contributed by atoms with E-state index in [9.17, 15) is 4.79 Å². The van der Waals surface area contributed by atoms with Crippen molar-refractivity contribution in [2.75, 3.05) is 12.4 Å². The maximum Gasteiger partial charge on any atom is 0.316 e. The largest absolute Gasteiger partial charge is 0.465 e. The molecule has 19 heavy (non-hydrogen) atoms. The molecular formula is C9H9ClN6O2S. The van der Waals surface area contributed by atoms with Gasteiger partial charge in [-0.1, -0.05) is 11.8 Å². The van der Waals surface area contributed by atoms with Crippen LogP contribution in [0.15, 0.2) is 17.8 Å². The highest BCUT2D eigenvalue weighted by atomic mass is 35.5. The van der Waals surface area contributed by atoms with Crippen molar-refractivity contribution in [3.63, 3.8) is 0 Å². The number of aromatic nitrogens is 6. The third-order valence-electron chi connectivity index (χ3n) is 1.82. The van der Waals surface area contributed by atoms with E-state index in [1.54, 1.807) is 6.92 Å². The lowest BCUT2D eigenvalue weighted by Crippen LogP contribution is -2.09. The second-order valence-corrected chi connectivity index (χ2v) is 4.40. The summed E-state index contributed by atoms with van der Waals surface area (Å²) in [6.07, 6.45) is 2.79. The van der Waals surface area contributed by atoms with Crippen LogP contribution in [0.25, 0.3) is 5.95 Å². The molecule has 2 rings (SSSR count). The van der Waals surface area contributed by atoms with Crippen LogP contribution in [-0.2, 0) is 9.53 Å². The van der Waals surface area contributed by atoms with Gasteiger partial charge in [0.1, 0.15) is 12.7 Å². The van der Waals surface area contributed by atoms with Crippen LogP contribution in [0, 0.1) is 0 Å². The minimum absolute atomic E-state index is 0.0202. The number of hydrogen-bond donors (Lipinski definition) is 0. The van der Waals surface area contributed by atoms with Crippen LogP contribution in [-0.4, -0.2) is 48.0 Å². The fourth-order valence-corrected chi connectivity index (χ4v) is 1.96. The Morgan fingerprint density at radius 3 is 3.00 bits per heavy atom. The molecule has 0 aromatic carbocycles.